The smallest absolute Gasteiger partial charge is 0.133 e. The van der Waals surface area contributed by atoms with E-state index in [2.05, 4.69) is 82.3 Å². The Kier molecular flexibility index (Phi) is 17.9. The number of nitrogens with zero attached hydrogens (tertiary/aromatic N) is 2. The second kappa shape index (κ2) is 19.9. The number of ketones is 2. The molecule has 5 heteroatoms. The summed E-state index contributed by atoms with van der Waals surface area (Å²) in [7, 11) is 1.84. The first-order valence-corrected chi connectivity index (χ1v) is 16.8. The van der Waals surface area contributed by atoms with Gasteiger partial charge in [-0.05, 0) is 118 Å². The van der Waals surface area contributed by atoms with E-state index >= 15 is 0 Å². The zero-order valence-electron chi connectivity index (χ0n) is 28.8. The molecule has 1 saturated carbocycles. The summed E-state index contributed by atoms with van der Waals surface area (Å²) in [4.78, 5) is 31.3. The van der Waals surface area contributed by atoms with Gasteiger partial charge in [-0.3, -0.25) is 14.8 Å². The summed E-state index contributed by atoms with van der Waals surface area (Å²) in [5, 5.41) is 3.39. The lowest BCUT2D eigenvalue weighted by atomic mass is 9.74. The standard InChI is InChI=1S/C26H36N2O.C9H19N.C3H6O.CH4.2H2/c1-18-8-5-6-10-22(18)12-13-24(29)15-21-9-7-11-23(14-21)26-25(17-27-4)20(3)19(2)16-28-26;1-9(2,3)8-4-6-10-7-5-8;1-3(2)4;;;/h5-6,8,10,16-17,19-21,23H,7,9,11-15H2,1-4H3;8,10H,4-7H2,1-3H3;1-2H3;1H4;2*1H/t19?,20?,21-,23?;;;;;/m1...../s1. The Morgan fingerprint density at radius 3 is 2.27 bits per heavy atom. The molecule has 0 aromatic heterocycles. The number of benzene rings is 1. The number of piperidine rings is 1. The van der Waals surface area contributed by atoms with E-state index in [0.717, 1.165) is 25.2 Å². The van der Waals surface area contributed by atoms with Crippen LogP contribution in [0.25, 0.3) is 0 Å². The predicted octanol–water partition coefficient (Wildman–Crippen LogP) is 9.76. The number of Topliss-reactive ketones (excluding diaryl/α,β-unsaturated/α-hetero) is 2. The largest absolute Gasteiger partial charge is 0.317 e. The first kappa shape index (κ1) is 39.6. The zero-order valence-corrected chi connectivity index (χ0v) is 28.8. The molecule has 5 nitrogen and oxygen atoms in total. The fourth-order valence-electron chi connectivity index (χ4n) is 6.58. The van der Waals surface area contributed by atoms with Gasteiger partial charge in [0.2, 0.25) is 0 Å². The third-order valence-corrected chi connectivity index (χ3v) is 9.48. The van der Waals surface area contributed by atoms with Gasteiger partial charge in [0.1, 0.15) is 11.6 Å². The van der Waals surface area contributed by atoms with E-state index < -0.39 is 0 Å². The normalized spacial score (nSPS) is 24.0. The summed E-state index contributed by atoms with van der Waals surface area (Å²) in [6.45, 7) is 19.2. The molecule has 3 unspecified atom stereocenters. The van der Waals surface area contributed by atoms with Crippen molar-refractivity contribution in [2.75, 3.05) is 20.1 Å². The van der Waals surface area contributed by atoms with E-state index in [-0.39, 0.29) is 16.1 Å². The molecule has 1 aliphatic carbocycles. The average Bonchev–Trinajstić information content (AvgIpc) is 2.95. The van der Waals surface area contributed by atoms with Crippen LogP contribution in [0.15, 0.2) is 45.5 Å². The molecular formula is C39H69N3O2. The first-order valence-electron chi connectivity index (χ1n) is 16.8. The number of carbonyl (C=O) groups excluding carboxylic acids is 2. The maximum atomic E-state index is 12.7. The fraction of sp³-hybridized carbons (Fsp3) is 0.692. The molecule has 0 bridgehead atoms. The van der Waals surface area contributed by atoms with Gasteiger partial charge in [0.15, 0.2) is 0 Å². The molecule has 252 valence electrons. The monoisotopic (exact) mass is 612 g/mol. The Morgan fingerprint density at radius 2 is 1.70 bits per heavy atom. The van der Waals surface area contributed by atoms with Gasteiger partial charge >= 0.3 is 0 Å². The number of aryl methyl sites for hydroxylation is 2. The number of aliphatic imine (C=N–C) groups is 2. The summed E-state index contributed by atoms with van der Waals surface area (Å²) in [5.74, 6) is 3.40. The predicted molar refractivity (Wildman–Crippen MR) is 195 cm³/mol. The van der Waals surface area contributed by atoms with Crippen LogP contribution in [0.3, 0.4) is 0 Å². The molecule has 0 amide bonds. The van der Waals surface area contributed by atoms with Gasteiger partial charge in [-0.25, -0.2) is 0 Å². The summed E-state index contributed by atoms with van der Waals surface area (Å²) in [6, 6.07) is 8.40. The Balaban J connectivity index is 0. The fourth-order valence-corrected chi connectivity index (χ4v) is 6.58. The van der Waals surface area contributed by atoms with Crippen molar-refractivity contribution in [3.63, 3.8) is 0 Å². The van der Waals surface area contributed by atoms with Gasteiger partial charge < -0.3 is 10.1 Å². The van der Waals surface area contributed by atoms with Crippen LogP contribution in [-0.4, -0.2) is 44.1 Å². The van der Waals surface area contributed by atoms with Crippen LogP contribution in [0.1, 0.15) is 121 Å². The summed E-state index contributed by atoms with van der Waals surface area (Å²) >= 11 is 0. The molecule has 0 radical (unpaired) electrons. The van der Waals surface area contributed by atoms with Gasteiger partial charge in [0, 0.05) is 46.8 Å². The van der Waals surface area contributed by atoms with Crippen molar-refractivity contribution >= 4 is 24.0 Å². The van der Waals surface area contributed by atoms with Crippen LogP contribution >= 0.6 is 0 Å². The van der Waals surface area contributed by atoms with E-state index in [4.69, 9.17) is 4.99 Å². The molecule has 1 aromatic carbocycles. The SMILES string of the molecule is C.CC(C)(C)C1CCNCC1.CC(C)=O.CN=CC1=C(C2CCC[C@@H](CC(=O)CCc3ccccc3C)C2)N=CC(C)C1C.[HH].[HH]. The van der Waals surface area contributed by atoms with Gasteiger partial charge in [0.25, 0.3) is 0 Å². The van der Waals surface area contributed by atoms with Crippen LogP contribution in [0.2, 0.25) is 0 Å². The van der Waals surface area contributed by atoms with Crippen molar-refractivity contribution in [2.24, 2.45) is 45.0 Å². The van der Waals surface area contributed by atoms with Gasteiger partial charge in [-0.1, -0.05) is 72.7 Å². The molecule has 1 saturated heterocycles. The van der Waals surface area contributed by atoms with E-state index in [9.17, 15) is 9.59 Å². The van der Waals surface area contributed by atoms with Crippen molar-refractivity contribution < 1.29 is 12.4 Å². The number of hydrogen-bond donors (Lipinski definition) is 1. The van der Waals surface area contributed by atoms with Crippen molar-refractivity contribution in [3.8, 4) is 0 Å². The second-order valence-electron chi connectivity index (χ2n) is 14.4. The molecule has 4 atom stereocenters. The molecule has 4 rings (SSSR count). The van der Waals surface area contributed by atoms with Crippen LogP contribution in [0, 0.1) is 41.9 Å². The Labute approximate surface area is 273 Å². The van der Waals surface area contributed by atoms with E-state index in [1.165, 1.54) is 81.4 Å². The molecule has 2 aliphatic heterocycles. The van der Waals surface area contributed by atoms with Crippen LogP contribution in [0.5, 0.6) is 0 Å². The summed E-state index contributed by atoms with van der Waals surface area (Å²) in [5.41, 5.74) is 5.66. The quantitative estimate of drug-likeness (QED) is 0.312. The maximum absolute atomic E-state index is 12.7. The highest BCUT2D eigenvalue weighted by molar-refractivity contribution is 5.84. The van der Waals surface area contributed by atoms with E-state index in [1.807, 2.05) is 13.3 Å². The Morgan fingerprint density at radius 1 is 1.07 bits per heavy atom. The van der Waals surface area contributed by atoms with E-state index in [0.29, 0.717) is 41.3 Å². The third-order valence-electron chi connectivity index (χ3n) is 9.48. The highest BCUT2D eigenvalue weighted by atomic mass is 16.1. The molecule has 0 spiro atoms. The number of carbonyl (C=O) groups is 2. The lowest BCUT2D eigenvalue weighted by molar-refractivity contribution is -0.120. The molecular weight excluding hydrogens is 542 g/mol. The van der Waals surface area contributed by atoms with Crippen LogP contribution < -0.4 is 5.32 Å². The third kappa shape index (κ3) is 13.7. The molecule has 44 heavy (non-hydrogen) atoms. The zero-order chi connectivity index (χ0) is 32.0. The summed E-state index contributed by atoms with van der Waals surface area (Å²) in [6.07, 6.45) is 13.8. The second-order valence-corrected chi connectivity index (χ2v) is 14.4. The highest BCUT2D eigenvalue weighted by Gasteiger charge is 2.31. The van der Waals surface area contributed by atoms with Gasteiger partial charge in [0.05, 0.1) is 0 Å². The lowest BCUT2D eigenvalue weighted by Crippen LogP contribution is -2.34. The molecule has 3 aliphatic rings. The molecule has 2 heterocycles. The minimum Gasteiger partial charge on any atom is -0.317 e. The summed E-state index contributed by atoms with van der Waals surface area (Å²) < 4.78 is 0. The van der Waals surface area contributed by atoms with Crippen LogP contribution in [0.4, 0.5) is 0 Å². The molecule has 2 fully saturated rings. The average molecular weight is 612 g/mol. The number of hydrogen-bond acceptors (Lipinski definition) is 5. The molecule has 1 aromatic rings. The maximum Gasteiger partial charge on any atom is 0.133 e. The topological polar surface area (TPSA) is 70.9 Å². The minimum absolute atomic E-state index is 0. The highest BCUT2D eigenvalue weighted by Crippen LogP contribution is 2.40. The Hall–Kier alpha value is -2.40. The van der Waals surface area contributed by atoms with Gasteiger partial charge in [-0.15, -0.1) is 0 Å². The van der Waals surface area contributed by atoms with E-state index in [1.54, 1.807) is 0 Å². The number of rotatable bonds is 7. The molecule has 1 N–H and O–H groups in total. The number of allylic oxidation sites excluding steroid dienone is 2. The number of nitrogens with one attached hydrogen (secondary N) is 1. The first-order chi connectivity index (χ1) is 20.3. The Bertz CT molecular complexity index is 1110. The van der Waals surface area contributed by atoms with Crippen molar-refractivity contribution in [3.05, 3.63) is 46.7 Å². The van der Waals surface area contributed by atoms with Crippen LogP contribution in [-0.2, 0) is 16.0 Å². The van der Waals surface area contributed by atoms with Crippen molar-refractivity contribution in [1.29, 1.82) is 0 Å². The van der Waals surface area contributed by atoms with Gasteiger partial charge in [-0.2, -0.15) is 0 Å². The minimum atomic E-state index is 0. The van der Waals surface area contributed by atoms with Crippen molar-refractivity contribution in [1.82, 2.24) is 5.32 Å². The lowest BCUT2D eigenvalue weighted by Gasteiger charge is -2.34. The van der Waals surface area contributed by atoms with Crippen molar-refractivity contribution in [2.45, 2.75) is 121 Å².